The molecule has 40 heavy (non-hydrogen) atoms. The number of benzene rings is 1. The van der Waals surface area contributed by atoms with Crippen molar-refractivity contribution in [2.45, 2.75) is 65.2 Å². The molecular weight excluding hydrogens is 534 g/mol. The zero-order valence-corrected chi connectivity index (χ0v) is 22.2. The minimum absolute atomic E-state index is 0.0540. The number of hydrogen-bond acceptors (Lipinski definition) is 6. The molecule has 1 amide bonds. The molecule has 3 aromatic rings. The van der Waals surface area contributed by atoms with Crippen molar-refractivity contribution in [3.63, 3.8) is 0 Å². The van der Waals surface area contributed by atoms with Crippen LogP contribution in [0.2, 0.25) is 0 Å². The summed E-state index contributed by atoms with van der Waals surface area (Å²) < 4.78 is 63.5. The zero-order valence-electron chi connectivity index (χ0n) is 22.2. The Labute approximate surface area is 227 Å². The summed E-state index contributed by atoms with van der Waals surface area (Å²) in [5.41, 5.74) is -1.83. The fraction of sp³-hybridized carbons (Fsp3) is 0.444. The fourth-order valence-electron chi connectivity index (χ4n) is 4.82. The third-order valence-electron chi connectivity index (χ3n) is 6.90. The molecule has 1 aliphatic carbocycles. The zero-order chi connectivity index (χ0) is 29.2. The van der Waals surface area contributed by atoms with Gasteiger partial charge >= 0.3 is 12.1 Å². The average molecular weight is 564 g/mol. The highest BCUT2D eigenvalue weighted by molar-refractivity contribution is 6.03. The summed E-state index contributed by atoms with van der Waals surface area (Å²) in [7, 11) is 0. The summed E-state index contributed by atoms with van der Waals surface area (Å²) in [5.74, 6) is -4.54. The standard InChI is InChI=1S/C27H29F4N5O4/c1-15(2)36(25(37)18-6-4-16(3)5-7-18)22-12-21(28)23(11-19(22)26(38)39)40-24-20(27(29,30)31)10-17(13-32-24)14-35-9-8-33-34-35/h8-13,15-16,18H,4-7,14H2,1-3H3,(H,38,39)/t16-,18-. The Morgan fingerprint density at radius 3 is 2.45 bits per heavy atom. The molecule has 0 unspecified atom stereocenters. The molecule has 0 radical (unpaired) electrons. The van der Waals surface area contributed by atoms with Crippen LogP contribution in [0.1, 0.15) is 67.9 Å². The van der Waals surface area contributed by atoms with Gasteiger partial charge in [-0.1, -0.05) is 12.1 Å². The van der Waals surface area contributed by atoms with Crippen molar-refractivity contribution in [2.24, 2.45) is 11.8 Å². The van der Waals surface area contributed by atoms with Gasteiger partial charge in [0.15, 0.2) is 11.6 Å². The number of carbonyl (C=O) groups excluding carboxylic acids is 1. The van der Waals surface area contributed by atoms with E-state index in [1.165, 1.54) is 22.0 Å². The summed E-state index contributed by atoms with van der Waals surface area (Å²) in [6.07, 6.45) is 1.99. The number of pyridine rings is 1. The molecule has 9 nitrogen and oxygen atoms in total. The van der Waals surface area contributed by atoms with E-state index in [9.17, 15) is 27.9 Å². The number of carbonyl (C=O) groups is 2. The maximum absolute atomic E-state index is 15.3. The summed E-state index contributed by atoms with van der Waals surface area (Å²) in [6.45, 7) is 5.40. The third-order valence-corrected chi connectivity index (χ3v) is 6.90. The topological polar surface area (TPSA) is 110 Å². The van der Waals surface area contributed by atoms with Crippen LogP contribution in [0.5, 0.6) is 11.6 Å². The molecule has 0 atom stereocenters. The number of hydrogen-bond donors (Lipinski definition) is 1. The van der Waals surface area contributed by atoms with Crippen LogP contribution in [0.15, 0.2) is 36.8 Å². The number of aromatic nitrogens is 4. The molecular formula is C27H29F4N5O4. The molecule has 1 fully saturated rings. The predicted octanol–water partition coefficient (Wildman–Crippen LogP) is 5.94. The van der Waals surface area contributed by atoms with E-state index in [2.05, 4.69) is 22.2 Å². The highest BCUT2D eigenvalue weighted by Crippen LogP contribution is 2.40. The lowest BCUT2D eigenvalue weighted by molar-refractivity contribution is -0.139. The Kier molecular flexibility index (Phi) is 8.40. The van der Waals surface area contributed by atoms with Crippen LogP contribution in [-0.4, -0.2) is 43.0 Å². The van der Waals surface area contributed by atoms with Gasteiger partial charge in [-0.2, -0.15) is 13.2 Å². The van der Waals surface area contributed by atoms with Crippen molar-refractivity contribution in [3.05, 3.63) is 59.3 Å². The van der Waals surface area contributed by atoms with Crippen molar-refractivity contribution < 1.29 is 37.0 Å². The van der Waals surface area contributed by atoms with Crippen LogP contribution in [0.25, 0.3) is 0 Å². The minimum atomic E-state index is -4.91. The fourth-order valence-corrected chi connectivity index (χ4v) is 4.82. The Balaban J connectivity index is 1.70. The second kappa shape index (κ2) is 11.6. The number of aromatic carboxylic acids is 1. The maximum atomic E-state index is 15.3. The molecule has 214 valence electrons. The van der Waals surface area contributed by atoms with Gasteiger partial charge < -0.3 is 14.7 Å². The number of anilines is 1. The second-order valence-corrected chi connectivity index (χ2v) is 10.3. The van der Waals surface area contributed by atoms with Gasteiger partial charge in [-0.3, -0.25) is 4.79 Å². The van der Waals surface area contributed by atoms with Crippen LogP contribution in [0, 0.1) is 17.7 Å². The number of rotatable bonds is 8. The van der Waals surface area contributed by atoms with E-state index in [1.54, 1.807) is 13.8 Å². The summed E-state index contributed by atoms with van der Waals surface area (Å²) in [4.78, 5) is 30.6. The predicted molar refractivity (Wildman–Crippen MR) is 136 cm³/mol. The van der Waals surface area contributed by atoms with Gasteiger partial charge in [0.1, 0.15) is 5.56 Å². The van der Waals surface area contributed by atoms with Gasteiger partial charge in [-0.05, 0) is 57.1 Å². The van der Waals surface area contributed by atoms with Crippen LogP contribution in [-0.2, 0) is 17.5 Å². The highest BCUT2D eigenvalue weighted by atomic mass is 19.4. The maximum Gasteiger partial charge on any atom is 0.421 e. The molecule has 0 saturated heterocycles. The van der Waals surface area contributed by atoms with Gasteiger partial charge in [0.25, 0.3) is 0 Å². The van der Waals surface area contributed by atoms with Crippen molar-refractivity contribution in [3.8, 4) is 11.6 Å². The summed E-state index contributed by atoms with van der Waals surface area (Å²) in [6, 6.07) is 1.88. The monoisotopic (exact) mass is 563 g/mol. The third kappa shape index (κ3) is 6.40. The molecule has 0 aliphatic heterocycles. The Morgan fingerprint density at radius 1 is 1.18 bits per heavy atom. The van der Waals surface area contributed by atoms with E-state index in [1.807, 2.05) is 0 Å². The van der Waals surface area contributed by atoms with E-state index in [-0.39, 0.29) is 29.6 Å². The number of nitrogens with zero attached hydrogens (tertiary/aromatic N) is 5. The van der Waals surface area contributed by atoms with E-state index in [0.717, 1.165) is 37.2 Å². The SMILES string of the molecule is CC(C)N(c1cc(F)c(Oc2ncc(Cn3ccnn3)cc2C(F)(F)F)cc1C(=O)O)C(=O)[C@H]1CC[C@H](C)CC1. The van der Waals surface area contributed by atoms with Crippen LogP contribution in [0.3, 0.4) is 0 Å². The minimum Gasteiger partial charge on any atom is -0.478 e. The molecule has 13 heteroatoms. The number of ether oxygens (including phenoxy) is 1. The quantitative estimate of drug-likeness (QED) is 0.338. The summed E-state index contributed by atoms with van der Waals surface area (Å²) >= 11 is 0. The Morgan fingerprint density at radius 2 is 1.88 bits per heavy atom. The van der Waals surface area contributed by atoms with Gasteiger partial charge in [0.05, 0.1) is 24.0 Å². The largest absolute Gasteiger partial charge is 0.478 e. The van der Waals surface area contributed by atoms with E-state index < -0.39 is 46.8 Å². The number of carboxylic acid groups (broad SMARTS) is 1. The van der Waals surface area contributed by atoms with Crippen molar-refractivity contribution in [1.29, 1.82) is 0 Å². The van der Waals surface area contributed by atoms with Gasteiger partial charge in [0, 0.05) is 36.5 Å². The number of alkyl halides is 3. The lowest BCUT2D eigenvalue weighted by Crippen LogP contribution is -2.43. The smallest absolute Gasteiger partial charge is 0.421 e. The molecule has 4 rings (SSSR count). The van der Waals surface area contributed by atoms with Crippen LogP contribution >= 0.6 is 0 Å². The van der Waals surface area contributed by atoms with E-state index in [4.69, 9.17) is 4.74 Å². The molecule has 2 heterocycles. The van der Waals surface area contributed by atoms with Crippen molar-refractivity contribution in [2.75, 3.05) is 4.90 Å². The molecule has 0 spiro atoms. The Bertz CT molecular complexity index is 1370. The molecule has 1 N–H and O–H groups in total. The average Bonchev–Trinajstić information content (AvgIpc) is 3.39. The van der Waals surface area contributed by atoms with Crippen molar-refractivity contribution in [1.82, 2.24) is 20.0 Å². The number of halogens is 4. The second-order valence-electron chi connectivity index (χ2n) is 10.3. The van der Waals surface area contributed by atoms with Crippen LogP contribution < -0.4 is 9.64 Å². The number of amides is 1. The molecule has 2 aromatic heterocycles. The van der Waals surface area contributed by atoms with E-state index >= 15 is 4.39 Å². The van der Waals surface area contributed by atoms with Gasteiger partial charge in [0.2, 0.25) is 11.8 Å². The van der Waals surface area contributed by atoms with Crippen molar-refractivity contribution >= 4 is 17.6 Å². The highest BCUT2D eigenvalue weighted by Gasteiger charge is 2.37. The number of carboxylic acids is 1. The van der Waals surface area contributed by atoms with Gasteiger partial charge in [-0.15, -0.1) is 5.10 Å². The first-order valence-corrected chi connectivity index (χ1v) is 12.8. The lowest BCUT2D eigenvalue weighted by Gasteiger charge is -2.34. The Hall–Kier alpha value is -4.03. The lowest BCUT2D eigenvalue weighted by atomic mass is 9.82. The molecule has 1 aromatic carbocycles. The van der Waals surface area contributed by atoms with Crippen LogP contribution in [0.4, 0.5) is 23.2 Å². The first-order valence-electron chi connectivity index (χ1n) is 12.8. The summed E-state index contributed by atoms with van der Waals surface area (Å²) in [5, 5.41) is 17.2. The first-order chi connectivity index (χ1) is 18.8. The van der Waals surface area contributed by atoms with E-state index in [0.29, 0.717) is 18.8 Å². The molecule has 0 bridgehead atoms. The molecule has 1 aliphatic rings. The van der Waals surface area contributed by atoms with Gasteiger partial charge in [-0.25, -0.2) is 18.9 Å². The molecule has 1 saturated carbocycles. The normalized spacial score (nSPS) is 17.6. The first kappa shape index (κ1) is 29.0.